The second kappa shape index (κ2) is 5.14. The Morgan fingerprint density at radius 1 is 1.41 bits per heavy atom. The minimum Gasteiger partial charge on any atom is -0.485 e. The van der Waals surface area contributed by atoms with Crippen LogP contribution in [0.4, 0.5) is 0 Å². The molecule has 0 aliphatic heterocycles. The van der Waals surface area contributed by atoms with Crippen molar-refractivity contribution in [1.82, 2.24) is 20.2 Å². The lowest BCUT2D eigenvalue weighted by Crippen LogP contribution is -2.01. The highest BCUT2D eigenvalue weighted by atomic mass is 35.5. The number of aryl methyl sites for hydroxylation is 2. The molecular weight excluding hydrogens is 240 g/mol. The van der Waals surface area contributed by atoms with Gasteiger partial charge in [-0.1, -0.05) is 17.7 Å². The lowest BCUT2D eigenvalue weighted by molar-refractivity contribution is 0.293. The molecule has 0 aliphatic rings. The maximum Gasteiger partial charge on any atom is 0.212 e. The highest BCUT2D eigenvalue weighted by Crippen LogP contribution is 2.22. The largest absolute Gasteiger partial charge is 0.485 e. The first-order valence-corrected chi connectivity index (χ1v) is 5.73. The number of nitrogens with zero attached hydrogens (tertiary/aromatic N) is 4. The van der Waals surface area contributed by atoms with Gasteiger partial charge in [-0.2, -0.15) is 4.80 Å². The van der Waals surface area contributed by atoms with Gasteiger partial charge in [0.2, 0.25) is 5.82 Å². The summed E-state index contributed by atoms with van der Waals surface area (Å²) in [4.78, 5) is 1.40. The summed E-state index contributed by atoms with van der Waals surface area (Å²) in [5.74, 6) is 1.73. The van der Waals surface area contributed by atoms with Gasteiger partial charge in [-0.25, -0.2) is 0 Å². The smallest absolute Gasteiger partial charge is 0.212 e. The predicted octanol–water partition coefficient (Wildman–Crippen LogP) is 1.84. The average Bonchev–Trinajstić information content (AvgIpc) is 2.73. The van der Waals surface area contributed by atoms with Crippen molar-refractivity contribution in [2.75, 3.05) is 0 Å². The van der Waals surface area contributed by atoms with Gasteiger partial charge in [-0.3, -0.25) is 0 Å². The topological polar surface area (TPSA) is 52.8 Å². The van der Waals surface area contributed by atoms with Crippen LogP contribution in [0.15, 0.2) is 18.2 Å². The van der Waals surface area contributed by atoms with Crippen LogP contribution in [0.25, 0.3) is 0 Å². The molecule has 0 atom stereocenters. The van der Waals surface area contributed by atoms with E-state index in [2.05, 4.69) is 15.4 Å². The summed E-state index contributed by atoms with van der Waals surface area (Å²) in [5.41, 5.74) is 2.13. The summed E-state index contributed by atoms with van der Waals surface area (Å²) >= 11 is 5.86. The van der Waals surface area contributed by atoms with Crippen LogP contribution in [0.3, 0.4) is 0 Å². The summed E-state index contributed by atoms with van der Waals surface area (Å²) < 4.78 is 5.62. The van der Waals surface area contributed by atoms with E-state index in [4.69, 9.17) is 16.3 Å². The Labute approximate surface area is 104 Å². The number of aromatic nitrogens is 4. The number of rotatable bonds is 4. The minimum atomic E-state index is 0.292. The Bertz CT molecular complexity index is 512. The SMILES string of the molecule is Cc1ccc(OCc2nnn(C)n2)c(CCl)c1. The lowest BCUT2D eigenvalue weighted by atomic mass is 10.1. The van der Waals surface area contributed by atoms with E-state index in [9.17, 15) is 0 Å². The molecule has 1 aromatic carbocycles. The summed E-state index contributed by atoms with van der Waals surface area (Å²) in [6.45, 7) is 2.31. The van der Waals surface area contributed by atoms with E-state index in [0.29, 0.717) is 18.3 Å². The molecule has 0 amide bonds. The molecule has 17 heavy (non-hydrogen) atoms. The molecule has 0 fully saturated rings. The molecule has 0 radical (unpaired) electrons. The number of alkyl halides is 1. The Kier molecular flexibility index (Phi) is 3.58. The monoisotopic (exact) mass is 252 g/mol. The van der Waals surface area contributed by atoms with Crippen LogP contribution in [-0.4, -0.2) is 20.2 Å². The van der Waals surface area contributed by atoms with Gasteiger partial charge in [0.25, 0.3) is 0 Å². The van der Waals surface area contributed by atoms with Gasteiger partial charge < -0.3 is 4.74 Å². The minimum absolute atomic E-state index is 0.292. The van der Waals surface area contributed by atoms with E-state index in [1.165, 1.54) is 4.80 Å². The third-order valence-electron chi connectivity index (χ3n) is 2.27. The first kappa shape index (κ1) is 11.9. The number of ether oxygens (including phenoxy) is 1. The van der Waals surface area contributed by atoms with Crippen LogP contribution < -0.4 is 4.74 Å². The number of benzene rings is 1. The first-order chi connectivity index (χ1) is 8.19. The summed E-state index contributed by atoms with van der Waals surface area (Å²) in [7, 11) is 1.71. The summed E-state index contributed by atoms with van der Waals surface area (Å²) in [6.07, 6.45) is 0. The second-order valence-electron chi connectivity index (χ2n) is 3.73. The van der Waals surface area contributed by atoms with E-state index in [-0.39, 0.29) is 0 Å². The van der Waals surface area contributed by atoms with Crippen molar-refractivity contribution < 1.29 is 4.74 Å². The van der Waals surface area contributed by atoms with E-state index >= 15 is 0 Å². The number of hydrogen-bond acceptors (Lipinski definition) is 4. The zero-order valence-electron chi connectivity index (χ0n) is 9.72. The fourth-order valence-corrected chi connectivity index (χ4v) is 1.69. The molecule has 90 valence electrons. The molecule has 0 aliphatic carbocycles. The molecule has 6 heteroatoms. The standard InChI is InChI=1S/C11H13ClN4O/c1-8-3-4-10(9(5-8)6-12)17-7-11-13-15-16(2)14-11/h3-5H,6-7H2,1-2H3. The van der Waals surface area contributed by atoms with Crippen LogP contribution >= 0.6 is 11.6 Å². The molecule has 0 bridgehead atoms. The Hall–Kier alpha value is -1.62. The summed E-state index contributed by atoms with van der Waals surface area (Å²) in [5, 5.41) is 11.6. The van der Waals surface area contributed by atoms with Crippen molar-refractivity contribution in [3.8, 4) is 5.75 Å². The molecule has 2 rings (SSSR count). The molecule has 0 N–H and O–H groups in total. The lowest BCUT2D eigenvalue weighted by Gasteiger charge is -2.08. The Balaban J connectivity index is 2.08. The highest BCUT2D eigenvalue weighted by molar-refractivity contribution is 6.17. The molecule has 2 aromatic rings. The quantitative estimate of drug-likeness (QED) is 0.779. The number of hydrogen-bond donors (Lipinski definition) is 0. The molecule has 1 heterocycles. The van der Waals surface area contributed by atoms with Gasteiger partial charge in [-0.05, 0) is 18.2 Å². The van der Waals surface area contributed by atoms with E-state index in [0.717, 1.165) is 16.9 Å². The number of halogens is 1. The zero-order valence-corrected chi connectivity index (χ0v) is 10.5. The van der Waals surface area contributed by atoms with Crippen molar-refractivity contribution in [2.45, 2.75) is 19.4 Å². The molecule has 0 saturated carbocycles. The molecule has 1 aromatic heterocycles. The van der Waals surface area contributed by atoms with Crippen molar-refractivity contribution >= 4 is 11.6 Å². The van der Waals surface area contributed by atoms with Crippen molar-refractivity contribution in [3.05, 3.63) is 35.2 Å². The van der Waals surface area contributed by atoms with Crippen LogP contribution in [0, 0.1) is 6.92 Å². The van der Waals surface area contributed by atoms with Gasteiger partial charge in [0.15, 0.2) is 6.61 Å². The first-order valence-electron chi connectivity index (χ1n) is 5.20. The van der Waals surface area contributed by atoms with Crippen molar-refractivity contribution in [2.24, 2.45) is 7.05 Å². The normalized spacial score (nSPS) is 10.5. The molecule has 5 nitrogen and oxygen atoms in total. The average molecular weight is 253 g/mol. The van der Waals surface area contributed by atoms with Crippen molar-refractivity contribution in [1.29, 1.82) is 0 Å². The second-order valence-corrected chi connectivity index (χ2v) is 4.00. The van der Waals surface area contributed by atoms with Gasteiger partial charge in [-0.15, -0.1) is 21.8 Å². The summed E-state index contributed by atoms with van der Waals surface area (Å²) in [6, 6.07) is 5.89. The van der Waals surface area contributed by atoms with Crippen molar-refractivity contribution in [3.63, 3.8) is 0 Å². The molecule has 0 unspecified atom stereocenters. The Morgan fingerprint density at radius 3 is 2.88 bits per heavy atom. The van der Waals surface area contributed by atoms with Gasteiger partial charge in [0.1, 0.15) is 5.75 Å². The predicted molar refractivity (Wildman–Crippen MR) is 63.9 cm³/mol. The van der Waals surface area contributed by atoms with Crippen LogP contribution in [0.5, 0.6) is 5.75 Å². The molecule has 0 saturated heterocycles. The molecular formula is C11H13ClN4O. The Morgan fingerprint density at radius 2 is 2.24 bits per heavy atom. The van der Waals surface area contributed by atoms with Gasteiger partial charge in [0.05, 0.1) is 12.9 Å². The van der Waals surface area contributed by atoms with Crippen LogP contribution in [-0.2, 0) is 19.5 Å². The van der Waals surface area contributed by atoms with E-state index in [1.54, 1.807) is 7.05 Å². The fraction of sp³-hybridized carbons (Fsp3) is 0.364. The number of tetrazole rings is 1. The van der Waals surface area contributed by atoms with Crippen LogP contribution in [0.1, 0.15) is 17.0 Å². The maximum absolute atomic E-state index is 5.86. The van der Waals surface area contributed by atoms with E-state index < -0.39 is 0 Å². The van der Waals surface area contributed by atoms with Crippen LogP contribution in [0.2, 0.25) is 0 Å². The van der Waals surface area contributed by atoms with Gasteiger partial charge in [0, 0.05) is 5.56 Å². The van der Waals surface area contributed by atoms with E-state index in [1.807, 2.05) is 25.1 Å². The fourth-order valence-electron chi connectivity index (χ4n) is 1.48. The highest BCUT2D eigenvalue weighted by Gasteiger charge is 2.06. The molecule has 0 spiro atoms. The maximum atomic E-state index is 5.86. The zero-order chi connectivity index (χ0) is 12.3. The third kappa shape index (κ3) is 2.94. The van der Waals surface area contributed by atoms with Gasteiger partial charge >= 0.3 is 0 Å². The third-order valence-corrected chi connectivity index (χ3v) is 2.55.